The molecule has 0 saturated carbocycles. The fourth-order valence-electron chi connectivity index (χ4n) is 2.25. The smallest absolute Gasteiger partial charge is 0.123 e. The zero-order valence-corrected chi connectivity index (χ0v) is 10.7. The van der Waals surface area contributed by atoms with Gasteiger partial charge in [-0.25, -0.2) is 4.39 Å². The van der Waals surface area contributed by atoms with Gasteiger partial charge < -0.3 is 15.2 Å². The summed E-state index contributed by atoms with van der Waals surface area (Å²) in [6.45, 7) is 1.57. The molecule has 0 radical (unpaired) electrons. The second-order valence-electron chi connectivity index (χ2n) is 4.82. The molecule has 0 bridgehead atoms. The van der Waals surface area contributed by atoms with Crippen molar-refractivity contribution in [3.63, 3.8) is 0 Å². The fraction of sp³-hybridized carbons (Fsp3) is 0.500. The van der Waals surface area contributed by atoms with Crippen LogP contribution in [0.2, 0.25) is 0 Å². The van der Waals surface area contributed by atoms with Gasteiger partial charge in [0.1, 0.15) is 5.82 Å². The molecule has 19 heavy (non-hydrogen) atoms. The highest BCUT2D eigenvalue weighted by atomic mass is 19.1. The monoisotopic (exact) mass is 264 g/mol. The number of hydrogen-bond donors (Lipinski definition) is 2. The highest BCUT2D eigenvalue weighted by Gasteiger charge is 2.31. The van der Waals surface area contributed by atoms with Gasteiger partial charge >= 0.3 is 0 Å². The van der Waals surface area contributed by atoms with Crippen LogP contribution in [0.15, 0.2) is 18.2 Å². The topological polar surface area (TPSA) is 65.3 Å². The van der Waals surface area contributed by atoms with Crippen molar-refractivity contribution < 1.29 is 14.2 Å². The first kappa shape index (κ1) is 13.9. The van der Waals surface area contributed by atoms with Crippen molar-refractivity contribution in [3.05, 3.63) is 35.1 Å². The third kappa shape index (κ3) is 3.29. The van der Waals surface area contributed by atoms with E-state index in [9.17, 15) is 9.50 Å². The largest absolute Gasteiger partial charge is 0.394 e. The van der Waals surface area contributed by atoms with Crippen LogP contribution in [0, 0.1) is 17.1 Å². The molecule has 1 saturated heterocycles. The van der Waals surface area contributed by atoms with Gasteiger partial charge in [-0.1, -0.05) is 0 Å². The normalized spacial score (nSPS) is 17.9. The number of aliphatic hydroxyl groups is 1. The van der Waals surface area contributed by atoms with E-state index < -0.39 is 5.54 Å². The number of nitrogens with one attached hydrogen (secondary N) is 1. The standard InChI is InChI=1S/C14H17FN2O2/c15-13-2-1-11(8-16)12(7-13)9-17-14(10-18)3-5-19-6-4-14/h1-2,7,17-18H,3-6,9-10H2. The van der Waals surface area contributed by atoms with Crippen LogP contribution in [0.5, 0.6) is 0 Å². The molecule has 102 valence electrons. The summed E-state index contributed by atoms with van der Waals surface area (Å²) in [6.07, 6.45) is 1.42. The first-order valence-electron chi connectivity index (χ1n) is 6.31. The molecule has 5 heteroatoms. The minimum absolute atomic E-state index is 0.00750. The van der Waals surface area contributed by atoms with E-state index in [4.69, 9.17) is 10.00 Å². The summed E-state index contributed by atoms with van der Waals surface area (Å²) in [6, 6.07) is 6.15. The number of hydrogen-bond acceptors (Lipinski definition) is 4. The molecule has 2 rings (SSSR count). The maximum atomic E-state index is 13.2. The number of aliphatic hydroxyl groups excluding tert-OH is 1. The maximum Gasteiger partial charge on any atom is 0.123 e. The molecule has 0 atom stereocenters. The second-order valence-corrected chi connectivity index (χ2v) is 4.82. The molecule has 1 fully saturated rings. The number of nitriles is 1. The molecule has 0 aromatic heterocycles. The molecule has 1 heterocycles. The molecule has 1 aliphatic heterocycles. The van der Waals surface area contributed by atoms with E-state index in [1.807, 2.05) is 6.07 Å². The molecule has 0 spiro atoms. The summed E-state index contributed by atoms with van der Waals surface area (Å²) < 4.78 is 18.5. The van der Waals surface area contributed by atoms with Crippen LogP contribution >= 0.6 is 0 Å². The van der Waals surface area contributed by atoms with Crippen LogP contribution in [0.3, 0.4) is 0 Å². The Morgan fingerprint density at radius 3 is 2.79 bits per heavy atom. The Morgan fingerprint density at radius 1 is 1.42 bits per heavy atom. The van der Waals surface area contributed by atoms with Gasteiger partial charge in [-0.2, -0.15) is 5.26 Å². The van der Waals surface area contributed by atoms with E-state index in [1.54, 1.807) is 0 Å². The summed E-state index contributed by atoms with van der Waals surface area (Å²) in [5, 5.41) is 21.8. The van der Waals surface area contributed by atoms with Crippen molar-refractivity contribution in [1.29, 1.82) is 5.26 Å². The SMILES string of the molecule is N#Cc1ccc(F)cc1CNC1(CO)CCOCC1. The second kappa shape index (κ2) is 6.11. The van der Waals surface area contributed by atoms with Crippen molar-refractivity contribution in [1.82, 2.24) is 5.32 Å². The number of halogens is 1. The van der Waals surface area contributed by atoms with Gasteiger partial charge in [-0.3, -0.25) is 0 Å². The van der Waals surface area contributed by atoms with Gasteiger partial charge in [0, 0.05) is 25.3 Å². The summed E-state index contributed by atoms with van der Waals surface area (Å²) in [7, 11) is 0. The van der Waals surface area contributed by atoms with Crippen molar-refractivity contribution in [2.75, 3.05) is 19.8 Å². The van der Waals surface area contributed by atoms with Crippen molar-refractivity contribution in [2.24, 2.45) is 0 Å². The maximum absolute atomic E-state index is 13.2. The zero-order valence-electron chi connectivity index (χ0n) is 10.7. The summed E-state index contributed by atoms with van der Waals surface area (Å²) in [5.74, 6) is -0.360. The average Bonchev–Trinajstić information content (AvgIpc) is 2.46. The van der Waals surface area contributed by atoms with Gasteiger partial charge in [0.15, 0.2) is 0 Å². The van der Waals surface area contributed by atoms with Crippen LogP contribution in [0.1, 0.15) is 24.0 Å². The molecule has 1 aromatic carbocycles. The molecule has 0 aliphatic carbocycles. The van der Waals surface area contributed by atoms with Gasteiger partial charge in [-0.05, 0) is 36.6 Å². The van der Waals surface area contributed by atoms with Crippen molar-refractivity contribution >= 4 is 0 Å². The Bertz CT molecular complexity index is 479. The molecule has 0 amide bonds. The number of ether oxygens (including phenoxy) is 1. The van der Waals surface area contributed by atoms with Crippen LogP contribution in [-0.4, -0.2) is 30.5 Å². The minimum Gasteiger partial charge on any atom is -0.394 e. The van der Waals surface area contributed by atoms with Crippen LogP contribution < -0.4 is 5.32 Å². The molecule has 1 aliphatic rings. The molecule has 4 nitrogen and oxygen atoms in total. The highest BCUT2D eigenvalue weighted by molar-refractivity contribution is 5.37. The first-order chi connectivity index (χ1) is 9.19. The van der Waals surface area contributed by atoms with Crippen LogP contribution in [0.4, 0.5) is 4.39 Å². The summed E-state index contributed by atoms with van der Waals surface area (Å²) in [5.41, 5.74) is 0.674. The Morgan fingerprint density at radius 2 is 2.16 bits per heavy atom. The molecule has 0 unspecified atom stereocenters. The predicted octanol–water partition coefficient (Wildman–Crippen LogP) is 1.33. The average molecular weight is 264 g/mol. The lowest BCUT2D eigenvalue weighted by molar-refractivity contribution is 0.0111. The highest BCUT2D eigenvalue weighted by Crippen LogP contribution is 2.21. The molecular formula is C14H17FN2O2. The Labute approximate surface area is 111 Å². The van der Waals surface area contributed by atoms with Crippen molar-refractivity contribution in [2.45, 2.75) is 24.9 Å². The van der Waals surface area contributed by atoms with E-state index in [0.717, 1.165) is 0 Å². The Kier molecular flexibility index (Phi) is 4.48. The number of rotatable bonds is 4. The van der Waals surface area contributed by atoms with E-state index in [1.165, 1.54) is 18.2 Å². The third-order valence-electron chi connectivity index (χ3n) is 3.59. The Hall–Kier alpha value is -1.48. The Balaban J connectivity index is 2.09. The van der Waals surface area contributed by atoms with E-state index in [0.29, 0.717) is 43.7 Å². The van der Waals surface area contributed by atoms with Crippen molar-refractivity contribution in [3.8, 4) is 6.07 Å². The van der Waals surface area contributed by atoms with Gasteiger partial charge in [0.05, 0.1) is 18.2 Å². The van der Waals surface area contributed by atoms with E-state index >= 15 is 0 Å². The number of benzene rings is 1. The number of nitrogens with zero attached hydrogens (tertiary/aromatic N) is 1. The third-order valence-corrected chi connectivity index (χ3v) is 3.59. The summed E-state index contributed by atoms with van der Waals surface area (Å²) >= 11 is 0. The van der Waals surface area contributed by atoms with E-state index in [2.05, 4.69) is 5.32 Å². The molecule has 1 aromatic rings. The summed E-state index contributed by atoms with van der Waals surface area (Å²) in [4.78, 5) is 0. The predicted molar refractivity (Wildman–Crippen MR) is 67.8 cm³/mol. The minimum atomic E-state index is -0.392. The molecule has 2 N–H and O–H groups in total. The van der Waals surface area contributed by atoms with Crippen LogP contribution in [0.25, 0.3) is 0 Å². The van der Waals surface area contributed by atoms with Gasteiger partial charge in [0.2, 0.25) is 0 Å². The lowest BCUT2D eigenvalue weighted by Crippen LogP contribution is -2.51. The quantitative estimate of drug-likeness (QED) is 0.861. The van der Waals surface area contributed by atoms with Crippen LogP contribution in [-0.2, 0) is 11.3 Å². The first-order valence-corrected chi connectivity index (χ1v) is 6.31. The zero-order chi connectivity index (χ0) is 13.7. The van der Waals surface area contributed by atoms with Gasteiger partial charge in [-0.15, -0.1) is 0 Å². The van der Waals surface area contributed by atoms with E-state index in [-0.39, 0.29) is 12.4 Å². The molecular weight excluding hydrogens is 247 g/mol. The fourth-order valence-corrected chi connectivity index (χ4v) is 2.25. The van der Waals surface area contributed by atoms with Gasteiger partial charge in [0.25, 0.3) is 0 Å². The lowest BCUT2D eigenvalue weighted by Gasteiger charge is -2.36. The lowest BCUT2D eigenvalue weighted by atomic mass is 9.90.